The van der Waals surface area contributed by atoms with Crippen molar-refractivity contribution < 1.29 is 0 Å². The molecule has 0 saturated heterocycles. The van der Waals surface area contributed by atoms with Crippen molar-refractivity contribution in [3.8, 4) is 11.3 Å². The largest absolute Gasteiger partial charge is 0.354 e. The summed E-state index contributed by atoms with van der Waals surface area (Å²) in [5.74, 6) is 0. The van der Waals surface area contributed by atoms with Gasteiger partial charge in [-0.15, -0.1) is 0 Å². The van der Waals surface area contributed by atoms with E-state index in [1.165, 1.54) is 0 Å². The standard InChI is InChI=1S/C14H7Cl4N/c15-8-1-7(2-9(16)3-8)13-6-11-12(18)4-10(17)5-14(11)19-13/h1-6,19H. The first-order chi connectivity index (χ1) is 9.02. The van der Waals surface area contributed by atoms with Crippen LogP contribution in [0.5, 0.6) is 0 Å². The second-order valence-electron chi connectivity index (χ2n) is 4.19. The van der Waals surface area contributed by atoms with Gasteiger partial charge in [-0.3, -0.25) is 0 Å². The number of hydrogen-bond donors (Lipinski definition) is 1. The highest BCUT2D eigenvalue weighted by molar-refractivity contribution is 6.38. The molecule has 1 aromatic heterocycles. The number of aromatic amines is 1. The SMILES string of the molecule is Clc1cc(Cl)cc(-c2cc3c(Cl)cc(Cl)cc3[nH]2)c1. The quantitative estimate of drug-likeness (QED) is 0.527. The summed E-state index contributed by atoms with van der Waals surface area (Å²) in [4.78, 5) is 3.26. The Morgan fingerprint density at radius 1 is 0.684 bits per heavy atom. The molecule has 1 N–H and O–H groups in total. The van der Waals surface area contributed by atoms with E-state index in [4.69, 9.17) is 46.4 Å². The number of hydrogen-bond acceptors (Lipinski definition) is 0. The maximum atomic E-state index is 6.17. The van der Waals surface area contributed by atoms with Crippen LogP contribution in [0, 0.1) is 0 Å². The Hall–Kier alpha value is -0.860. The van der Waals surface area contributed by atoms with E-state index < -0.39 is 0 Å². The zero-order valence-corrected chi connectivity index (χ0v) is 12.5. The van der Waals surface area contributed by atoms with Crippen LogP contribution in [0.25, 0.3) is 22.2 Å². The fourth-order valence-electron chi connectivity index (χ4n) is 2.03. The van der Waals surface area contributed by atoms with Crippen molar-refractivity contribution in [3.63, 3.8) is 0 Å². The Morgan fingerprint density at radius 2 is 1.32 bits per heavy atom. The first kappa shape index (κ1) is 13.1. The fraction of sp³-hybridized carbons (Fsp3) is 0. The van der Waals surface area contributed by atoms with Gasteiger partial charge in [-0.1, -0.05) is 46.4 Å². The molecule has 0 amide bonds. The van der Waals surface area contributed by atoms with E-state index in [1.807, 2.05) is 24.3 Å². The van der Waals surface area contributed by atoms with Crippen LogP contribution in [-0.2, 0) is 0 Å². The summed E-state index contributed by atoms with van der Waals surface area (Å²) in [5.41, 5.74) is 2.67. The van der Waals surface area contributed by atoms with Gasteiger partial charge in [0, 0.05) is 37.2 Å². The minimum atomic E-state index is 0.588. The first-order valence-corrected chi connectivity index (χ1v) is 6.98. The van der Waals surface area contributed by atoms with E-state index in [2.05, 4.69) is 4.98 Å². The van der Waals surface area contributed by atoms with E-state index in [1.54, 1.807) is 12.1 Å². The van der Waals surface area contributed by atoms with E-state index in [0.29, 0.717) is 20.1 Å². The highest BCUT2D eigenvalue weighted by Gasteiger charge is 2.09. The number of aromatic nitrogens is 1. The lowest BCUT2D eigenvalue weighted by Crippen LogP contribution is -1.77. The van der Waals surface area contributed by atoms with Gasteiger partial charge in [0.05, 0.1) is 5.02 Å². The van der Waals surface area contributed by atoms with E-state index in [-0.39, 0.29) is 0 Å². The molecule has 0 aliphatic carbocycles. The van der Waals surface area contributed by atoms with Gasteiger partial charge in [-0.2, -0.15) is 0 Å². The van der Waals surface area contributed by atoms with Gasteiger partial charge in [0.25, 0.3) is 0 Å². The summed E-state index contributed by atoms with van der Waals surface area (Å²) >= 11 is 24.2. The first-order valence-electron chi connectivity index (χ1n) is 5.47. The lowest BCUT2D eigenvalue weighted by molar-refractivity contribution is 1.45. The molecule has 0 saturated carbocycles. The number of H-pyrrole nitrogens is 1. The zero-order chi connectivity index (χ0) is 13.6. The van der Waals surface area contributed by atoms with Crippen molar-refractivity contribution in [3.05, 3.63) is 56.5 Å². The van der Waals surface area contributed by atoms with Crippen molar-refractivity contribution in [2.75, 3.05) is 0 Å². The predicted octanol–water partition coefficient (Wildman–Crippen LogP) is 6.45. The molecule has 1 nitrogen and oxygen atoms in total. The van der Waals surface area contributed by atoms with Gasteiger partial charge in [-0.25, -0.2) is 0 Å². The molecule has 3 aromatic rings. The van der Waals surface area contributed by atoms with Crippen molar-refractivity contribution in [2.45, 2.75) is 0 Å². The Labute approximate surface area is 130 Å². The second-order valence-corrected chi connectivity index (χ2v) is 5.91. The van der Waals surface area contributed by atoms with Crippen LogP contribution in [-0.4, -0.2) is 4.98 Å². The molecule has 1 heterocycles. The van der Waals surface area contributed by atoms with Gasteiger partial charge >= 0.3 is 0 Å². The average molecular weight is 331 g/mol. The molecule has 0 spiro atoms. The van der Waals surface area contributed by atoms with Gasteiger partial charge in [0.15, 0.2) is 0 Å². The van der Waals surface area contributed by atoms with Gasteiger partial charge in [0.1, 0.15) is 0 Å². The Kier molecular flexibility index (Phi) is 3.40. The molecule has 96 valence electrons. The molecule has 0 fully saturated rings. The number of halogens is 4. The van der Waals surface area contributed by atoms with Crippen molar-refractivity contribution in [1.29, 1.82) is 0 Å². The van der Waals surface area contributed by atoms with Crippen LogP contribution in [0.3, 0.4) is 0 Å². The van der Waals surface area contributed by atoms with E-state index in [0.717, 1.165) is 22.2 Å². The molecule has 2 aromatic carbocycles. The smallest absolute Gasteiger partial charge is 0.0514 e. The number of fused-ring (bicyclic) bond motifs is 1. The summed E-state index contributed by atoms with van der Waals surface area (Å²) in [6, 6.07) is 10.9. The lowest BCUT2D eigenvalue weighted by Gasteiger charge is -2.00. The van der Waals surface area contributed by atoms with Crippen LogP contribution in [0.1, 0.15) is 0 Å². The van der Waals surface area contributed by atoms with Crippen LogP contribution < -0.4 is 0 Å². The van der Waals surface area contributed by atoms with Crippen molar-refractivity contribution in [2.24, 2.45) is 0 Å². The molecule has 0 aliphatic rings. The van der Waals surface area contributed by atoms with Crippen LogP contribution in [0.2, 0.25) is 20.1 Å². The summed E-state index contributed by atoms with van der Waals surface area (Å²) in [6.07, 6.45) is 0. The maximum absolute atomic E-state index is 6.17. The summed E-state index contributed by atoms with van der Waals surface area (Å²) in [5, 5.41) is 3.29. The Bertz CT molecular complexity index is 756. The molecular weight excluding hydrogens is 324 g/mol. The number of nitrogens with one attached hydrogen (secondary N) is 1. The third-order valence-corrected chi connectivity index (χ3v) is 3.79. The minimum Gasteiger partial charge on any atom is -0.354 e. The van der Waals surface area contributed by atoms with Crippen molar-refractivity contribution in [1.82, 2.24) is 4.98 Å². The van der Waals surface area contributed by atoms with Crippen LogP contribution in [0.15, 0.2) is 36.4 Å². The summed E-state index contributed by atoms with van der Waals surface area (Å²) < 4.78 is 0. The summed E-state index contributed by atoms with van der Waals surface area (Å²) in [7, 11) is 0. The molecule has 5 heteroatoms. The van der Waals surface area contributed by atoms with E-state index in [9.17, 15) is 0 Å². The highest BCUT2D eigenvalue weighted by atomic mass is 35.5. The molecule has 3 rings (SSSR count). The lowest BCUT2D eigenvalue weighted by atomic mass is 10.1. The summed E-state index contributed by atoms with van der Waals surface area (Å²) in [6.45, 7) is 0. The molecule has 0 bridgehead atoms. The van der Waals surface area contributed by atoms with Gasteiger partial charge < -0.3 is 4.98 Å². The third kappa shape index (κ3) is 2.56. The fourth-order valence-corrected chi connectivity index (χ4v) is 3.10. The molecule has 0 atom stereocenters. The average Bonchev–Trinajstić information content (AvgIpc) is 2.71. The van der Waals surface area contributed by atoms with E-state index >= 15 is 0 Å². The second kappa shape index (κ2) is 4.92. The maximum Gasteiger partial charge on any atom is 0.0514 e. The molecular formula is C14H7Cl4N. The highest BCUT2D eigenvalue weighted by Crippen LogP contribution is 2.33. The van der Waals surface area contributed by atoms with Gasteiger partial charge in [-0.05, 0) is 36.4 Å². The normalized spacial score (nSPS) is 11.2. The molecule has 19 heavy (non-hydrogen) atoms. The monoisotopic (exact) mass is 329 g/mol. The Morgan fingerprint density at radius 3 is 2.00 bits per heavy atom. The molecule has 0 radical (unpaired) electrons. The third-order valence-electron chi connectivity index (χ3n) is 2.83. The topological polar surface area (TPSA) is 15.8 Å². The Balaban J connectivity index is 2.23. The van der Waals surface area contributed by atoms with Crippen LogP contribution >= 0.6 is 46.4 Å². The van der Waals surface area contributed by atoms with Crippen LogP contribution in [0.4, 0.5) is 0 Å². The molecule has 0 aliphatic heterocycles. The number of benzene rings is 2. The van der Waals surface area contributed by atoms with Gasteiger partial charge in [0.2, 0.25) is 0 Å². The minimum absolute atomic E-state index is 0.588. The predicted molar refractivity (Wildman–Crippen MR) is 83.8 cm³/mol. The zero-order valence-electron chi connectivity index (χ0n) is 9.48. The molecule has 0 unspecified atom stereocenters. The number of rotatable bonds is 1. The van der Waals surface area contributed by atoms with Crippen molar-refractivity contribution >= 4 is 57.3 Å².